The highest BCUT2D eigenvalue weighted by Gasteiger charge is 2.13. The summed E-state index contributed by atoms with van der Waals surface area (Å²) in [6.45, 7) is 4.14. The van der Waals surface area contributed by atoms with Gasteiger partial charge in [-0.3, -0.25) is 0 Å². The van der Waals surface area contributed by atoms with Crippen LogP contribution in [-0.4, -0.2) is 9.97 Å². The fourth-order valence-electron chi connectivity index (χ4n) is 2.88. The van der Waals surface area contributed by atoms with E-state index in [0.717, 1.165) is 32.7 Å². The molecule has 4 nitrogen and oxygen atoms in total. The molecular weight excluding hydrogens is 304 g/mol. The molecule has 0 amide bonds. The zero-order valence-electron chi connectivity index (χ0n) is 12.8. The van der Waals surface area contributed by atoms with Crippen molar-refractivity contribution in [3.63, 3.8) is 0 Å². The van der Waals surface area contributed by atoms with Crippen LogP contribution in [0.25, 0.3) is 21.1 Å². The van der Waals surface area contributed by atoms with Gasteiger partial charge in [0.25, 0.3) is 0 Å². The monoisotopic (exact) mass is 318 g/mol. The van der Waals surface area contributed by atoms with Gasteiger partial charge in [0.1, 0.15) is 10.9 Å². The van der Waals surface area contributed by atoms with Crippen molar-refractivity contribution < 1.29 is 0 Å². The Morgan fingerprint density at radius 3 is 2.91 bits per heavy atom. The number of anilines is 2. The number of fused-ring (bicyclic) bond motifs is 2. The van der Waals surface area contributed by atoms with E-state index < -0.39 is 0 Å². The first-order valence-electron chi connectivity index (χ1n) is 7.30. The Bertz CT molecular complexity index is 1080. The lowest BCUT2D eigenvalue weighted by molar-refractivity contribution is 1.38. The summed E-state index contributed by atoms with van der Waals surface area (Å²) >= 11 is 1.64. The molecule has 0 saturated carbocycles. The van der Waals surface area contributed by atoms with Gasteiger partial charge in [-0.2, -0.15) is 5.26 Å². The molecule has 23 heavy (non-hydrogen) atoms. The third-order valence-electron chi connectivity index (χ3n) is 4.07. The van der Waals surface area contributed by atoms with Crippen LogP contribution >= 0.6 is 11.3 Å². The molecule has 4 aromatic rings. The fourth-order valence-corrected chi connectivity index (χ4v) is 3.74. The Balaban J connectivity index is 1.91. The van der Waals surface area contributed by atoms with Crippen LogP contribution in [0.15, 0.2) is 36.7 Å². The quantitative estimate of drug-likeness (QED) is 0.546. The van der Waals surface area contributed by atoms with Crippen molar-refractivity contribution in [3.05, 3.63) is 52.7 Å². The summed E-state index contributed by atoms with van der Waals surface area (Å²) in [6.07, 6.45) is 3.58. The molecule has 0 aliphatic heterocycles. The molecule has 0 bridgehead atoms. The van der Waals surface area contributed by atoms with Gasteiger partial charge < -0.3 is 10.3 Å². The first-order valence-corrected chi connectivity index (χ1v) is 8.12. The second-order valence-electron chi connectivity index (χ2n) is 5.54. The molecule has 0 unspecified atom stereocenters. The van der Waals surface area contributed by atoms with Crippen molar-refractivity contribution in [1.29, 1.82) is 5.26 Å². The van der Waals surface area contributed by atoms with Crippen LogP contribution in [0.3, 0.4) is 0 Å². The Hall–Kier alpha value is -2.84. The number of nitrogens with one attached hydrogen (secondary N) is 2. The van der Waals surface area contributed by atoms with Crippen LogP contribution in [-0.2, 0) is 0 Å². The number of pyridine rings is 1. The van der Waals surface area contributed by atoms with Gasteiger partial charge in [-0.25, -0.2) is 4.98 Å². The van der Waals surface area contributed by atoms with E-state index in [2.05, 4.69) is 47.3 Å². The number of aromatic amines is 1. The van der Waals surface area contributed by atoms with E-state index >= 15 is 0 Å². The van der Waals surface area contributed by atoms with Gasteiger partial charge >= 0.3 is 0 Å². The van der Waals surface area contributed by atoms with Crippen LogP contribution in [0.5, 0.6) is 0 Å². The largest absolute Gasteiger partial charge is 0.361 e. The molecule has 4 rings (SSSR count). The summed E-state index contributed by atoms with van der Waals surface area (Å²) in [4.78, 5) is 9.74. The molecule has 5 heteroatoms. The number of aromatic nitrogens is 2. The van der Waals surface area contributed by atoms with Gasteiger partial charge in [0.05, 0.1) is 11.3 Å². The number of nitrogens with zero attached hydrogens (tertiary/aromatic N) is 2. The van der Waals surface area contributed by atoms with Crippen LogP contribution in [0.1, 0.15) is 16.0 Å². The minimum Gasteiger partial charge on any atom is -0.361 e. The molecule has 0 radical (unpaired) electrons. The summed E-state index contributed by atoms with van der Waals surface area (Å²) < 4.78 is 0. The van der Waals surface area contributed by atoms with Crippen molar-refractivity contribution in [3.8, 4) is 6.07 Å². The van der Waals surface area contributed by atoms with Crippen molar-refractivity contribution >= 4 is 43.8 Å². The van der Waals surface area contributed by atoms with E-state index in [1.165, 1.54) is 10.3 Å². The molecular formula is C18H14N4S. The average Bonchev–Trinajstić information content (AvgIpc) is 3.16. The molecule has 0 atom stereocenters. The maximum atomic E-state index is 9.44. The molecule has 3 heterocycles. The van der Waals surface area contributed by atoms with E-state index in [0.29, 0.717) is 5.56 Å². The number of H-pyrrole nitrogens is 1. The molecule has 0 spiro atoms. The lowest BCUT2D eigenvalue weighted by atomic mass is 10.1. The molecule has 112 valence electrons. The lowest BCUT2D eigenvalue weighted by Crippen LogP contribution is -1.97. The number of hydrogen-bond acceptors (Lipinski definition) is 4. The zero-order valence-corrected chi connectivity index (χ0v) is 13.6. The van der Waals surface area contributed by atoms with Gasteiger partial charge in [-0.15, -0.1) is 11.3 Å². The molecule has 0 fully saturated rings. The van der Waals surface area contributed by atoms with Crippen molar-refractivity contribution in [2.75, 3.05) is 5.32 Å². The lowest BCUT2D eigenvalue weighted by Gasteiger charge is -2.12. The van der Waals surface area contributed by atoms with E-state index in [9.17, 15) is 5.26 Å². The number of nitriles is 1. The van der Waals surface area contributed by atoms with Crippen molar-refractivity contribution in [1.82, 2.24) is 9.97 Å². The SMILES string of the molecule is Cc1cc2c(Nc3ccc4[nH]ccc4c3C)c(C#N)cnc2s1. The topological polar surface area (TPSA) is 64.5 Å². The number of benzene rings is 1. The van der Waals surface area contributed by atoms with Gasteiger partial charge in [0.15, 0.2) is 0 Å². The minimum absolute atomic E-state index is 0.559. The number of hydrogen-bond donors (Lipinski definition) is 2. The third-order valence-corrected chi connectivity index (χ3v) is 5.03. The van der Waals surface area contributed by atoms with E-state index in [1.54, 1.807) is 17.5 Å². The van der Waals surface area contributed by atoms with Gasteiger partial charge in [-0.1, -0.05) is 0 Å². The average molecular weight is 318 g/mol. The fraction of sp³-hybridized carbons (Fsp3) is 0.111. The molecule has 0 saturated heterocycles. The van der Waals surface area contributed by atoms with Gasteiger partial charge in [0.2, 0.25) is 0 Å². The number of rotatable bonds is 2. The normalized spacial score (nSPS) is 11.0. The first kappa shape index (κ1) is 13.8. The summed E-state index contributed by atoms with van der Waals surface area (Å²) in [5, 5.41) is 15.1. The molecule has 1 aromatic carbocycles. The minimum atomic E-state index is 0.559. The standard InChI is InChI=1S/C18H14N4S/c1-10-7-14-17(12(8-19)9-21-18(14)23-10)22-15-3-4-16-13(11(15)2)5-6-20-16/h3-7,9,20H,1-2H3,(H,21,22). The summed E-state index contributed by atoms with van der Waals surface area (Å²) in [7, 11) is 0. The van der Waals surface area contributed by atoms with Gasteiger partial charge in [0, 0.05) is 39.2 Å². The summed E-state index contributed by atoms with van der Waals surface area (Å²) in [5.74, 6) is 0. The van der Waals surface area contributed by atoms with Crippen LogP contribution in [0.2, 0.25) is 0 Å². The zero-order chi connectivity index (χ0) is 16.0. The Morgan fingerprint density at radius 1 is 1.22 bits per heavy atom. The molecule has 0 aliphatic rings. The predicted molar refractivity (Wildman–Crippen MR) is 95.4 cm³/mol. The van der Waals surface area contributed by atoms with Gasteiger partial charge in [-0.05, 0) is 43.7 Å². The van der Waals surface area contributed by atoms with Crippen LogP contribution in [0, 0.1) is 25.2 Å². The maximum absolute atomic E-state index is 9.44. The van der Waals surface area contributed by atoms with E-state index in [-0.39, 0.29) is 0 Å². The first-order chi connectivity index (χ1) is 11.2. The molecule has 3 aromatic heterocycles. The summed E-state index contributed by atoms with van der Waals surface area (Å²) in [6, 6.07) is 10.5. The number of thiophene rings is 1. The third kappa shape index (κ3) is 2.16. The van der Waals surface area contributed by atoms with Crippen molar-refractivity contribution in [2.45, 2.75) is 13.8 Å². The Kier molecular flexibility index (Phi) is 3.07. The maximum Gasteiger partial charge on any atom is 0.125 e. The molecule has 0 aliphatic carbocycles. The summed E-state index contributed by atoms with van der Waals surface area (Å²) in [5.41, 5.74) is 4.66. The Labute approximate surface area is 137 Å². The van der Waals surface area contributed by atoms with Crippen LogP contribution < -0.4 is 5.32 Å². The van der Waals surface area contributed by atoms with Crippen molar-refractivity contribution in [2.24, 2.45) is 0 Å². The molecule has 2 N–H and O–H groups in total. The second-order valence-corrected chi connectivity index (χ2v) is 6.77. The highest BCUT2D eigenvalue weighted by atomic mass is 32.1. The number of aryl methyl sites for hydroxylation is 2. The highest BCUT2D eigenvalue weighted by molar-refractivity contribution is 7.18. The second kappa shape index (κ2) is 5.11. The Morgan fingerprint density at radius 2 is 2.09 bits per heavy atom. The van der Waals surface area contributed by atoms with E-state index in [4.69, 9.17) is 0 Å². The predicted octanol–water partition coefficient (Wildman–Crippen LogP) is 5.01. The van der Waals surface area contributed by atoms with E-state index in [1.807, 2.05) is 18.3 Å². The van der Waals surface area contributed by atoms with Crippen LogP contribution in [0.4, 0.5) is 11.4 Å². The smallest absolute Gasteiger partial charge is 0.125 e. The highest BCUT2D eigenvalue weighted by Crippen LogP contribution is 2.35.